The van der Waals surface area contributed by atoms with Crippen molar-refractivity contribution < 1.29 is 24.1 Å². The van der Waals surface area contributed by atoms with Crippen LogP contribution in [0.3, 0.4) is 0 Å². The van der Waals surface area contributed by atoms with Crippen molar-refractivity contribution in [3.63, 3.8) is 0 Å². The molecule has 2 aromatic heterocycles. The summed E-state index contributed by atoms with van der Waals surface area (Å²) in [7, 11) is 0. The maximum atomic E-state index is 11.4. The van der Waals surface area contributed by atoms with Gasteiger partial charge in [-0.15, -0.1) is 11.3 Å². The van der Waals surface area contributed by atoms with Crippen molar-refractivity contribution in [2.75, 3.05) is 19.8 Å². The quantitative estimate of drug-likeness (QED) is 0.174. The predicted octanol–water partition coefficient (Wildman–Crippen LogP) is 7.30. The Kier molecular flexibility index (Phi) is 8.94. The van der Waals surface area contributed by atoms with Gasteiger partial charge in [0.25, 0.3) is 0 Å². The Hall–Kier alpha value is -3.52. The van der Waals surface area contributed by atoms with Gasteiger partial charge in [0, 0.05) is 28.6 Å². The molecule has 38 heavy (non-hydrogen) atoms. The van der Waals surface area contributed by atoms with Crippen LogP contribution in [0.1, 0.15) is 61.2 Å². The lowest BCUT2D eigenvalue weighted by atomic mass is 10.0. The van der Waals surface area contributed by atoms with E-state index >= 15 is 0 Å². The molecule has 202 valence electrons. The first kappa shape index (κ1) is 27.5. The molecule has 0 saturated carbocycles. The van der Waals surface area contributed by atoms with Gasteiger partial charge in [0.1, 0.15) is 16.5 Å². The number of rotatable bonds is 13. The fraction of sp³-hybridized carbons (Fsp3) is 0.400. The summed E-state index contributed by atoms with van der Waals surface area (Å²) in [5.41, 5.74) is 4.84. The molecule has 8 heteroatoms. The second-order valence-corrected chi connectivity index (χ2v) is 10.6. The molecule has 1 unspecified atom stereocenters. The molecule has 0 fully saturated rings. The molecule has 0 radical (unpaired) electrons. The number of aromatic amines is 1. The number of nitrogens with one attached hydrogen (secondary N) is 1. The number of benzene rings is 2. The van der Waals surface area contributed by atoms with Crippen LogP contribution in [0.5, 0.6) is 17.4 Å². The first-order chi connectivity index (χ1) is 18.3. The van der Waals surface area contributed by atoms with Crippen LogP contribution in [-0.4, -0.2) is 40.9 Å². The summed E-state index contributed by atoms with van der Waals surface area (Å²) in [5, 5.41) is 11.3. The van der Waals surface area contributed by atoms with E-state index in [1.807, 2.05) is 45.0 Å². The van der Waals surface area contributed by atoms with Crippen LogP contribution in [0.2, 0.25) is 0 Å². The lowest BCUT2D eigenvalue weighted by molar-refractivity contribution is -0.138. The van der Waals surface area contributed by atoms with Crippen molar-refractivity contribution in [2.45, 2.75) is 59.8 Å². The highest BCUT2D eigenvalue weighted by atomic mass is 32.1. The zero-order chi connectivity index (χ0) is 27.2. The number of hydrogen-bond acceptors (Lipinski definition) is 6. The standard InChI is InChI=1S/C30H36N2O5S/c1-6-9-21-16-22(29-32-28(35-7-2)20(5)38-29)10-13-26(21)37-15-8-14-36-23-11-12-25-24(17-23)18(3)27(31-25)19(4)30(33)34/h10-13,16-17,19,31H,6-9,14-15H2,1-5H3,(H,33,34). The van der Waals surface area contributed by atoms with E-state index in [-0.39, 0.29) is 0 Å². The van der Waals surface area contributed by atoms with E-state index in [9.17, 15) is 9.90 Å². The molecule has 0 saturated heterocycles. The van der Waals surface area contributed by atoms with Crippen molar-refractivity contribution in [2.24, 2.45) is 0 Å². The van der Waals surface area contributed by atoms with Gasteiger partial charge in [-0.2, -0.15) is 0 Å². The third-order valence-corrected chi connectivity index (χ3v) is 7.55. The minimum Gasteiger partial charge on any atom is -0.493 e. The Balaban J connectivity index is 1.35. The van der Waals surface area contributed by atoms with Crippen LogP contribution < -0.4 is 14.2 Å². The monoisotopic (exact) mass is 536 g/mol. The molecule has 2 N–H and O–H groups in total. The van der Waals surface area contributed by atoms with Gasteiger partial charge in [-0.3, -0.25) is 4.79 Å². The maximum Gasteiger partial charge on any atom is 0.312 e. The van der Waals surface area contributed by atoms with Crippen molar-refractivity contribution in [1.29, 1.82) is 0 Å². The fourth-order valence-corrected chi connectivity index (χ4v) is 5.35. The minimum atomic E-state index is -0.845. The highest BCUT2D eigenvalue weighted by molar-refractivity contribution is 7.15. The van der Waals surface area contributed by atoms with Gasteiger partial charge < -0.3 is 24.3 Å². The Bertz CT molecular complexity index is 1410. The number of nitrogens with zero attached hydrogens (tertiary/aromatic N) is 1. The van der Waals surface area contributed by atoms with E-state index in [0.29, 0.717) is 25.7 Å². The van der Waals surface area contributed by atoms with E-state index in [0.717, 1.165) is 68.4 Å². The molecule has 1 atom stereocenters. The molecule has 0 aliphatic heterocycles. The first-order valence-corrected chi connectivity index (χ1v) is 14.0. The van der Waals surface area contributed by atoms with E-state index in [1.54, 1.807) is 18.3 Å². The molecule has 0 aliphatic rings. The topological polar surface area (TPSA) is 93.7 Å². The number of ether oxygens (including phenoxy) is 3. The van der Waals surface area contributed by atoms with Crippen LogP contribution in [-0.2, 0) is 11.2 Å². The lowest BCUT2D eigenvalue weighted by Gasteiger charge is -2.13. The molecule has 2 heterocycles. The number of aryl methyl sites for hydroxylation is 3. The van der Waals surface area contributed by atoms with Gasteiger partial charge in [0.15, 0.2) is 0 Å². The predicted molar refractivity (Wildman–Crippen MR) is 152 cm³/mol. The summed E-state index contributed by atoms with van der Waals surface area (Å²) < 4.78 is 17.8. The third kappa shape index (κ3) is 6.13. The molecule has 4 aromatic rings. The molecule has 2 aromatic carbocycles. The van der Waals surface area contributed by atoms with Gasteiger partial charge >= 0.3 is 5.97 Å². The summed E-state index contributed by atoms with van der Waals surface area (Å²) in [6, 6.07) is 12.1. The highest BCUT2D eigenvalue weighted by Gasteiger charge is 2.20. The minimum absolute atomic E-state index is 0.521. The number of carbonyl (C=O) groups is 1. The van der Waals surface area contributed by atoms with Crippen LogP contribution in [0, 0.1) is 13.8 Å². The van der Waals surface area contributed by atoms with Gasteiger partial charge in [-0.25, -0.2) is 4.98 Å². The van der Waals surface area contributed by atoms with Gasteiger partial charge in [0.2, 0.25) is 5.88 Å². The molecule has 0 bridgehead atoms. The molecule has 0 spiro atoms. The van der Waals surface area contributed by atoms with E-state index < -0.39 is 11.9 Å². The average Bonchev–Trinajstić information content (AvgIpc) is 3.43. The molecular formula is C30H36N2O5S. The maximum absolute atomic E-state index is 11.4. The van der Waals surface area contributed by atoms with Crippen molar-refractivity contribution >= 4 is 28.2 Å². The van der Waals surface area contributed by atoms with Crippen LogP contribution in [0.4, 0.5) is 0 Å². The molecule has 0 amide bonds. The summed E-state index contributed by atoms with van der Waals surface area (Å²) in [5.74, 6) is 0.940. The Morgan fingerprint density at radius 2 is 1.87 bits per heavy atom. The SMILES string of the molecule is CCCc1cc(-c2nc(OCC)c(C)s2)ccc1OCCCOc1ccc2[nH]c(C(C)C(=O)O)c(C)c2c1. The second-order valence-electron chi connectivity index (χ2n) is 9.37. The number of carboxylic acid groups (broad SMARTS) is 1. The average molecular weight is 537 g/mol. The number of H-pyrrole nitrogens is 1. The third-order valence-electron chi connectivity index (χ3n) is 6.55. The van der Waals surface area contributed by atoms with Crippen molar-refractivity contribution in [3.8, 4) is 28.0 Å². The highest BCUT2D eigenvalue weighted by Crippen LogP contribution is 2.35. The molecule has 0 aliphatic carbocycles. The number of fused-ring (bicyclic) bond motifs is 1. The van der Waals surface area contributed by atoms with E-state index in [1.165, 1.54) is 5.56 Å². The summed E-state index contributed by atoms with van der Waals surface area (Å²) >= 11 is 1.65. The van der Waals surface area contributed by atoms with E-state index in [4.69, 9.17) is 14.2 Å². The Morgan fingerprint density at radius 3 is 2.61 bits per heavy atom. The number of aromatic nitrogens is 2. The smallest absolute Gasteiger partial charge is 0.312 e. The molecule has 4 rings (SSSR count). The first-order valence-electron chi connectivity index (χ1n) is 13.2. The number of carboxylic acids is 1. The Labute approximate surface area is 227 Å². The largest absolute Gasteiger partial charge is 0.493 e. The zero-order valence-electron chi connectivity index (χ0n) is 22.7. The van der Waals surface area contributed by atoms with Crippen molar-refractivity contribution in [1.82, 2.24) is 9.97 Å². The van der Waals surface area contributed by atoms with Crippen LogP contribution >= 0.6 is 11.3 Å². The lowest BCUT2D eigenvalue weighted by Crippen LogP contribution is -2.08. The van der Waals surface area contributed by atoms with E-state index in [2.05, 4.69) is 29.0 Å². The normalized spacial score (nSPS) is 12.0. The molecular weight excluding hydrogens is 500 g/mol. The zero-order valence-corrected chi connectivity index (χ0v) is 23.5. The second kappa shape index (κ2) is 12.3. The number of hydrogen-bond donors (Lipinski definition) is 2. The van der Waals surface area contributed by atoms with Gasteiger partial charge in [-0.05, 0) is 81.6 Å². The number of thiazole rings is 1. The summed E-state index contributed by atoms with van der Waals surface area (Å²) in [6.07, 6.45) is 2.70. The van der Waals surface area contributed by atoms with Crippen molar-refractivity contribution in [3.05, 3.63) is 58.1 Å². The summed E-state index contributed by atoms with van der Waals surface area (Å²) in [6.45, 7) is 11.5. The fourth-order valence-electron chi connectivity index (χ4n) is 4.50. The summed E-state index contributed by atoms with van der Waals surface area (Å²) in [4.78, 5) is 20.4. The number of aliphatic carboxylic acids is 1. The van der Waals surface area contributed by atoms with Crippen LogP contribution in [0.25, 0.3) is 21.5 Å². The molecule has 7 nitrogen and oxygen atoms in total. The van der Waals surface area contributed by atoms with Gasteiger partial charge in [0.05, 0.1) is 30.6 Å². The Morgan fingerprint density at radius 1 is 1.08 bits per heavy atom. The van der Waals surface area contributed by atoms with Gasteiger partial charge in [-0.1, -0.05) is 13.3 Å². The van der Waals surface area contributed by atoms with Crippen LogP contribution in [0.15, 0.2) is 36.4 Å².